The van der Waals surface area contributed by atoms with Crippen LogP contribution in [-0.4, -0.2) is 22.1 Å². The molecule has 0 amide bonds. The van der Waals surface area contributed by atoms with Crippen molar-refractivity contribution < 1.29 is 9.53 Å². The first-order valence-corrected chi connectivity index (χ1v) is 4.22. The van der Waals surface area contributed by atoms with Crippen LogP contribution in [0.1, 0.15) is 28.9 Å². The van der Waals surface area contributed by atoms with Crippen molar-refractivity contribution >= 4 is 5.97 Å². The molecule has 1 aromatic rings. The van der Waals surface area contributed by atoms with Crippen molar-refractivity contribution in [3.63, 3.8) is 0 Å². The summed E-state index contributed by atoms with van der Waals surface area (Å²) in [6.07, 6.45) is 0. The number of aromatic nitrogens is 2. The molecule has 0 aliphatic carbocycles. The quantitative estimate of drug-likeness (QED) is 0.651. The summed E-state index contributed by atoms with van der Waals surface area (Å²) in [5.74, 6) is -0.230. The topological polar surface area (TPSA) is 67.9 Å². The van der Waals surface area contributed by atoms with E-state index in [-0.39, 0.29) is 5.82 Å². The van der Waals surface area contributed by atoms with Gasteiger partial charge in [-0.05, 0) is 13.8 Å². The van der Waals surface area contributed by atoms with Crippen LogP contribution in [0.3, 0.4) is 0 Å². The van der Waals surface area contributed by atoms with Gasteiger partial charge in [0, 0.05) is 7.05 Å². The Morgan fingerprint density at radius 1 is 1.71 bits per heavy atom. The van der Waals surface area contributed by atoms with E-state index < -0.39 is 5.97 Å². The van der Waals surface area contributed by atoms with Gasteiger partial charge in [0.1, 0.15) is 6.07 Å². The first-order valence-electron chi connectivity index (χ1n) is 4.22. The lowest BCUT2D eigenvalue weighted by molar-refractivity contribution is 0.0514. The lowest BCUT2D eigenvalue weighted by atomic mass is 10.3. The normalized spacial score (nSPS) is 9.57. The number of carbonyl (C=O) groups is 1. The Bertz CT molecular complexity index is 401. The van der Waals surface area contributed by atoms with Gasteiger partial charge < -0.3 is 9.30 Å². The van der Waals surface area contributed by atoms with Gasteiger partial charge in [0.2, 0.25) is 5.82 Å². The van der Waals surface area contributed by atoms with Crippen LogP contribution in [0.25, 0.3) is 0 Å². The second-order valence-corrected chi connectivity index (χ2v) is 2.76. The monoisotopic (exact) mass is 193 g/mol. The van der Waals surface area contributed by atoms with Crippen LogP contribution in [-0.2, 0) is 11.8 Å². The molecule has 0 unspecified atom stereocenters. The van der Waals surface area contributed by atoms with E-state index in [1.807, 2.05) is 6.07 Å². The second-order valence-electron chi connectivity index (χ2n) is 2.76. The van der Waals surface area contributed by atoms with Crippen molar-refractivity contribution in [2.75, 3.05) is 6.61 Å². The number of aryl methyl sites for hydroxylation is 1. The van der Waals surface area contributed by atoms with Crippen molar-refractivity contribution in [1.82, 2.24) is 9.55 Å². The van der Waals surface area contributed by atoms with Crippen molar-refractivity contribution in [3.05, 3.63) is 17.2 Å². The van der Waals surface area contributed by atoms with Gasteiger partial charge >= 0.3 is 5.97 Å². The Morgan fingerprint density at radius 3 is 2.79 bits per heavy atom. The fourth-order valence-corrected chi connectivity index (χ4v) is 1.22. The lowest BCUT2D eigenvalue weighted by Gasteiger charge is -2.02. The SMILES string of the molecule is CCOC(=O)c1c(C)nc(C#N)n1C. The summed E-state index contributed by atoms with van der Waals surface area (Å²) in [5, 5.41) is 8.68. The zero-order valence-corrected chi connectivity index (χ0v) is 8.37. The zero-order valence-electron chi connectivity index (χ0n) is 8.37. The summed E-state index contributed by atoms with van der Waals surface area (Å²) in [7, 11) is 1.62. The first kappa shape index (κ1) is 10.3. The van der Waals surface area contributed by atoms with E-state index in [1.165, 1.54) is 4.57 Å². The van der Waals surface area contributed by atoms with Crippen LogP contribution in [0.4, 0.5) is 0 Å². The molecule has 0 spiro atoms. The largest absolute Gasteiger partial charge is 0.461 e. The summed E-state index contributed by atoms with van der Waals surface area (Å²) < 4.78 is 6.28. The zero-order chi connectivity index (χ0) is 10.7. The van der Waals surface area contributed by atoms with Crippen molar-refractivity contribution in [2.24, 2.45) is 7.05 Å². The molecule has 0 bridgehead atoms. The van der Waals surface area contributed by atoms with Gasteiger partial charge in [0.25, 0.3) is 0 Å². The molecule has 0 aliphatic rings. The minimum absolute atomic E-state index is 0.213. The molecule has 0 atom stereocenters. The molecule has 0 aromatic carbocycles. The minimum Gasteiger partial charge on any atom is -0.461 e. The maximum absolute atomic E-state index is 11.4. The molecule has 1 aromatic heterocycles. The molecular formula is C9H11N3O2. The van der Waals surface area contributed by atoms with E-state index in [0.29, 0.717) is 18.0 Å². The van der Waals surface area contributed by atoms with Gasteiger partial charge in [-0.2, -0.15) is 5.26 Å². The predicted octanol–water partition coefficient (Wildman–Crippen LogP) is 0.777. The molecule has 0 saturated carbocycles. The predicted molar refractivity (Wildman–Crippen MR) is 48.6 cm³/mol. The number of rotatable bonds is 2. The van der Waals surface area contributed by atoms with Crippen LogP contribution in [0.2, 0.25) is 0 Å². The van der Waals surface area contributed by atoms with Gasteiger partial charge in [0.05, 0.1) is 12.3 Å². The van der Waals surface area contributed by atoms with Crippen molar-refractivity contribution in [1.29, 1.82) is 5.26 Å². The van der Waals surface area contributed by atoms with E-state index in [0.717, 1.165) is 0 Å². The lowest BCUT2D eigenvalue weighted by Crippen LogP contribution is -2.11. The summed E-state index contributed by atoms with van der Waals surface area (Å²) >= 11 is 0. The number of ether oxygens (including phenoxy) is 1. The molecule has 0 radical (unpaired) electrons. The van der Waals surface area contributed by atoms with Gasteiger partial charge in [-0.3, -0.25) is 0 Å². The highest BCUT2D eigenvalue weighted by molar-refractivity contribution is 5.89. The second kappa shape index (κ2) is 3.92. The smallest absolute Gasteiger partial charge is 0.356 e. The Labute approximate surface area is 81.9 Å². The van der Waals surface area contributed by atoms with Crippen LogP contribution in [0, 0.1) is 18.3 Å². The maximum Gasteiger partial charge on any atom is 0.356 e. The molecule has 5 heteroatoms. The highest BCUT2D eigenvalue weighted by Crippen LogP contribution is 2.10. The number of carbonyl (C=O) groups excluding carboxylic acids is 1. The summed E-state index contributed by atoms with van der Waals surface area (Å²) in [5.41, 5.74) is 0.853. The summed E-state index contributed by atoms with van der Waals surface area (Å²) in [6.45, 7) is 3.72. The number of imidazole rings is 1. The van der Waals surface area contributed by atoms with E-state index in [1.54, 1.807) is 20.9 Å². The Balaban J connectivity index is 3.15. The van der Waals surface area contributed by atoms with Gasteiger partial charge in [-0.25, -0.2) is 9.78 Å². The number of nitrogens with zero attached hydrogens (tertiary/aromatic N) is 3. The van der Waals surface area contributed by atoms with Crippen LogP contribution in [0.15, 0.2) is 0 Å². The highest BCUT2D eigenvalue weighted by atomic mass is 16.5. The molecule has 74 valence electrons. The van der Waals surface area contributed by atoms with Gasteiger partial charge in [-0.1, -0.05) is 0 Å². The van der Waals surface area contributed by atoms with Crippen LogP contribution < -0.4 is 0 Å². The Kier molecular flexibility index (Phi) is 2.87. The molecule has 0 fully saturated rings. The molecular weight excluding hydrogens is 182 g/mol. The fraction of sp³-hybridized carbons (Fsp3) is 0.444. The third-order valence-electron chi connectivity index (χ3n) is 1.84. The number of hydrogen-bond donors (Lipinski definition) is 0. The van der Waals surface area contributed by atoms with Gasteiger partial charge in [-0.15, -0.1) is 0 Å². The molecule has 14 heavy (non-hydrogen) atoms. The van der Waals surface area contributed by atoms with E-state index >= 15 is 0 Å². The average Bonchev–Trinajstić information content (AvgIpc) is 2.41. The van der Waals surface area contributed by atoms with Crippen molar-refractivity contribution in [2.45, 2.75) is 13.8 Å². The summed E-state index contributed by atoms with van der Waals surface area (Å²) in [4.78, 5) is 15.4. The van der Waals surface area contributed by atoms with E-state index in [2.05, 4.69) is 4.98 Å². The Hall–Kier alpha value is -1.83. The average molecular weight is 193 g/mol. The summed E-state index contributed by atoms with van der Waals surface area (Å²) in [6, 6.07) is 1.90. The first-order chi connectivity index (χ1) is 6.61. The third kappa shape index (κ3) is 1.59. The molecule has 1 rings (SSSR count). The standard InChI is InChI=1S/C9H11N3O2/c1-4-14-9(13)8-6(2)11-7(5-10)12(8)3/h4H2,1-3H3. The van der Waals surface area contributed by atoms with Gasteiger partial charge in [0.15, 0.2) is 5.69 Å². The molecule has 1 heterocycles. The minimum atomic E-state index is -0.443. The number of hydrogen-bond acceptors (Lipinski definition) is 4. The third-order valence-corrected chi connectivity index (χ3v) is 1.84. The number of esters is 1. The van der Waals surface area contributed by atoms with E-state index in [4.69, 9.17) is 10.00 Å². The Morgan fingerprint density at radius 2 is 2.36 bits per heavy atom. The van der Waals surface area contributed by atoms with Crippen LogP contribution >= 0.6 is 0 Å². The van der Waals surface area contributed by atoms with E-state index in [9.17, 15) is 4.79 Å². The maximum atomic E-state index is 11.4. The van der Waals surface area contributed by atoms with Crippen LogP contribution in [0.5, 0.6) is 0 Å². The molecule has 0 aliphatic heterocycles. The molecule has 0 saturated heterocycles. The highest BCUT2D eigenvalue weighted by Gasteiger charge is 2.18. The van der Waals surface area contributed by atoms with Crippen molar-refractivity contribution in [3.8, 4) is 6.07 Å². The molecule has 5 nitrogen and oxygen atoms in total. The number of nitriles is 1. The molecule has 0 N–H and O–H groups in total. The fourth-order valence-electron chi connectivity index (χ4n) is 1.22.